The summed E-state index contributed by atoms with van der Waals surface area (Å²) < 4.78 is 0. The van der Waals surface area contributed by atoms with Crippen molar-refractivity contribution in [1.82, 2.24) is 0 Å². The summed E-state index contributed by atoms with van der Waals surface area (Å²) in [5.41, 5.74) is 0.729. The lowest BCUT2D eigenvalue weighted by Crippen LogP contribution is -1.69. The molecule has 0 saturated carbocycles. The zero-order valence-corrected chi connectivity index (χ0v) is 9.57. The van der Waals surface area contributed by atoms with Crippen LogP contribution in [0.4, 0.5) is 0 Å². The maximum absolute atomic E-state index is 5.34. The maximum atomic E-state index is 5.34. The minimum absolute atomic E-state index is 0.424. The third-order valence-corrected chi connectivity index (χ3v) is 0.523. The summed E-state index contributed by atoms with van der Waals surface area (Å²) in [6.07, 6.45) is 1.46. The van der Waals surface area contributed by atoms with Gasteiger partial charge in [-0.05, 0) is 6.92 Å². The molecular weight excluding hydrogens is 170 g/mol. The van der Waals surface area contributed by atoms with Crippen molar-refractivity contribution in [2.24, 2.45) is 4.99 Å². The molecule has 0 bridgehead atoms. The van der Waals surface area contributed by atoms with Crippen molar-refractivity contribution >= 4 is 17.8 Å². The highest BCUT2D eigenvalue weighted by molar-refractivity contribution is 6.38. The zero-order chi connectivity index (χ0) is 10.6. The molecule has 0 fully saturated rings. The van der Waals surface area contributed by atoms with Gasteiger partial charge in [0.1, 0.15) is 0 Å². The predicted molar refractivity (Wildman–Crippen MR) is 61.0 cm³/mol. The van der Waals surface area contributed by atoms with Crippen LogP contribution in [0, 0.1) is 0 Å². The summed E-state index contributed by atoms with van der Waals surface area (Å²) in [7, 11) is 0. The molecule has 0 N–H and O–H groups in total. The Morgan fingerprint density at radius 3 is 1.58 bits per heavy atom. The van der Waals surface area contributed by atoms with Gasteiger partial charge in [-0.2, -0.15) is 0 Å². The first-order valence-corrected chi connectivity index (χ1v) is 4.54. The van der Waals surface area contributed by atoms with E-state index in [-0.39, 0.29) is 0 Å². The Morgan fingerprint density at radius 1 is 1.17 bits per heavy atom. The van der Waals surface area contributed by atoms with Crippen LogP contribution in [-0.2, 0) is 0 Å². The Morgan fingerprint density at radius 2 is 1.50 bits per heavy atom. The van der Waals surface area contributed by atoms with E-state index >= 15 is 0 Å². The topological polar surface area (TPSA) is 12.4 Å². The van der Waals surface area contributed by atoms with Gasteiger partial charge in [-0.25, -0.2) is 0 Å². The highest BCUT2D eigenvalue weighted by atomic mass is 35.5. The highest BCUT2D eigenvalue weighted by Crippen LogP contribution is 1.93. The summed E-state index contributed by atoms with van der Waals surface area (Å²) in [5.74, 6) is 0. The molecule has 0 heterocycles. The third kappa shape index (κ3) is 34.1. The predicted octanol–water partition coefficient (Wildman–Crippen LogP) is 4.40. The first-order chi connectivity index (χ1) is 5.63. The van der Waals surface area contributed by atoms with Gasteiger partial charge in [-0.1, -0.05) is 52.5 Å². The average Bonchev–Trinajstić information content (AvgIpc) is 2.08. The first-order valence-electron chi connectivity index (χ1n) is 4.17. The van der Waals surface area contributed by atoms with Gasteiger partial charge in [-0.15, -0.1) is 0 Å². The van der Waals surface area contributed by atoms with E-state index < -0.39 is 0 Å². The monoisotopic (exact) mass is 189 g/mol. The lowest BCUT2D eigenvalue weighted by molar-refractivity contribution is 1.34. The van der Waals surface area contributed by atoms with Crippen molar-refractivity contribution in [3.8, 4) is 0 Å². The quantitative estimate of drug-likeness (QED) is 0.572. The fraction of sp³-hybridized carbons (Fsp3) is 0.500. The van der Waals surface area contributed by atoms with Crippen molar-refractivity contribution in [3.63, 3.8) is 0 Å². The molecule has 0 saturated heterocycles. The highest BCUT2D eigenvalue weighted by Gasteiger charge is 1.75. The van der Waals surface area contributed by atoms with E-state index in [0.29, 0.717) is 5.03 Å². The van der Waals surface area contributed by atoms with Gasteiger partial charge in [0, 0.05) is 11.9 Å². The normalized spacial score (nSPS) is 7.50. The number of nitrogens with zero attached hydrogens (tertiary/aromatic N) is 1. The molecular formula is C10H20ClN. The Bertz CT molecular complexity index is 121. The van der Waals surface area contributed by atoms with Crippen molar-refractivity contribution in [3.05, 3.63) is 23.9 Å². The van der Waals surface area contributed by atoms with Crippen molar-refractivity contribution in [2.45, 2.75) is 34.6 Å². The largest absolute Gasteiger partial charge is 0.261 e. The molecule has 0 aromatic rings. The lowest BCUT2D eigenvalue weighted by Gasteiger charge is -1.82. The van der Waals surface area contributed by atoms with Crippen molar-refractivity contribution in [1.29, 1.82) is 0 Å². The molecule has 0 rings (SSSR count). The van der Waals surface area contributed by atoms with Gasteiger partial charge in [0.15, 0.2) is 0 Å². The summed E-state index contributed by atoms with van der Waals surface area (Å²) >= 11 is 5.34. The maximum Gasteiger partial charge on any atom is 0.0517 e. The minimum atomic E-state index is 0.424. The third-order valence-electron chi connectivity index (χ3n) is 0.425. The first kappa shape index (κ1) is 17.5. The second-order valence-corrected chi connectivity index (χ2v) is 1.93. The number of rotatable bonds is 2. The van der Waals surface area contributed by atoms with E-state index in [4.69, 9.17) is 11.6 Å². The molecule has 0 aliphatic carbocycles. The van der Waals surface area contributed by atoms with Crippen LogP contribution in [0.1, 0.15) is 34.6 Å². The summed E-state index contributed by atoms with van der Waals surface area (Å²) in [6.45, 7) is 16.7. The minimum Gasteiger partial charge on any atom is -0.261 e. The number of hydrogen-bond donors (Lipinski definition) is 0. The second kappa shape index (κ2) is 16.8. The number of halogens is 1. The molecule has 0 atom stereocenters. The number of aliphatic imine (C=N–C) groups is 1. The van der Waals surface area contributed by atoms with E-state index in [1.807, 2.05) is 27.7 Å². The smallest absolute Gasteiger partial charge is 0.0517 e. The second-order valence-electron chi connectivity index (χ2n) is 1.44. The van der Waals surface area contributed by atoms with Crippen LogP contribution in [0.3, 0.4) is 0 Å². The van der Waals surface area contributed by atoms with Crippen molar-refractivity contribution in [2.75, 3.05) is 0 Å². The van der Waals surface area contributed by atoms with Gasteiger partial charge in [0.2, 0.25) is 0 Å². The zero-order valence-electron chi connectivity index (χ0n) is 8.82. The van der Waals surface area contributed by atoms with Gasteiger partial charge < -0.3 is 0 Å². The number of hydrogen-bond acceptors (Lipinski definition) is 1. The SMILES string of the molecule is C=C(Cl)C=NC(=C)C.CC.CC. The lowest BCUT2D eigenvalue weighted by atomic mass is 10.6. The van der Waals surface area contributed by atoms with E-state index in [2.05, 4.69) is 18.2 Å². The molecule has 0 aromatic heterocycles. The molecule has 1 nitrogen and oxygen atoms in total. The van der Waals surface area contributed by atoms with Crippen LogP contribution in [0.25, 0.3) is 0 Å². The van der Waals surface area contributed by atoms with Gasteiger partial charge in [0.05, 0.1) is 5.03 Å². The van der Waals surface area contributed by atoms with Gasteiger partial charge in [0.25, 0.3) is 0 Å². The van der Waals surface area contributed by atoms with Crippen LogP contribution in [0.2, 0.25) is 0 Å². The molecule has 12 heavy (non-hydrogen) atoms. The fourth-order valence-corrected chi connectivity index (χ4v) is 0.229. The van der Waals surface area contributed by atoms with E-state index in [1.54, 1.807) is 6.92 Å². The van der Waals surface area contributed by atoms with Crippen LogP contribution < -0.4 is 0 Å². The molecule has 0 unspecified atom stereocenters. The van der Waals surface area contributed by atoms with E-state index in [1.165, 1.54) is 6.21 Å². The standard InChI is InChI=1S/C6H8ClN.2C2H6/c1-5(2)8-4-6(3)7;2*1-2/h4H,1,3H2,2H3;2*1-2H3. The molecule has 0 aromatic carbocycles. The van der Waals surface area contributed by atoms with E-state index in [0.717, 1.165) is 5.70 Å². The van der Waals surface area contributed by atoms with E-state index in [9.17, 15) is 0 Å². The summed E-state index contributed by atoms with van der Waals surface area (Å²) in [6, 6.07) is 0. The van der Waals surface area contributed by atoms with Crippen LogP contribution in [-0.4, -0.2) is 6.21 Å². The molecule has 0 spiro atoms. The van der Waals surface area contributed by atoms with Crippen LogP contribution in [0.15, 0.2) is 28.9 Å². The Labute approximate surface area is 81.9 Å². The molecule has 0 radical (unpaired) electrons. The Balaban J connectivity index is -0.000000175. The summed E-state index contributed by atoms with van der Waals surface area (Å²) in [4.78, 5) is 3.77. The Kier molecular flexibility index (Phi) is 24.5. The fourth-order valence-electron chi connectivity index (χ4n) is 0.180. The molecule has 0 amide bonds. The van der Waals surface area contributed by atoms with Gasteiger partial charge in [-0.3, -0.25) is 4.99 Å². The Hall–Kier alpha value is -0.560. The summed E-state index contributed by atoms with van der Waals surface area (Å²) in [5, 5.41) is 0.424. The molecule has 72 valence electrons. The average molecular weight is 190 g/mol. The number of allylic oxidation sites excluding steroid dienone is 2. The van der Waals surface area contributed by atoms with Crippen molar-refractivity contribution < 1.29 is 0 Å². The molecule has 2 heteroatoms. The van der Waals surface area contributed by atoms with Crippen LogP contribution >= 0.6 is 11.6 Å². The van der Waals surface area contributed by atoms with Crippen LogP contribution in [0.5, 0.6) is 0 Å². The van der Waals surface area contributed by atoms with Gasteiger partial charge >= 0.3 is 0 Å². The molecule has 0 aliphatic heterocycles. The molecule has 0 aliphatic rings.